The van der Waals surface area contributed by atoms with Crippen LogP contribution in [0.5, 0.6) is 5.75 Å². The lowest BCUT2D eigenvalue weighted by Crippen LogP contribution is -2.50. The summed E-state index contributed by atoms with van der Waals surface area (Å²) < 4.78 is 5.82. The van der Waals surface area contributed by atoms with Gasteiger partial charge in [0.15, 0.2) is 0 Å². The number of nitrogens with zero attached hydrogens (tertiary/aromatic N) is 2. The van der Waals surface area contributed by atoms with Crippen LogP contribution in [0.1, 0.15) is 62.3 Å². The minimum absolute atomic E-state index is 0.0130. The number of rotatable bonds is 3. The van der Waals surface area contributed by atoms with Gasteiger partial charge >= 0.3 is 0 Å². The van der Waals surface area contributed by atoms with Crippen molar-refractivity contribution in [3.63, 3.8) is 0 Å². The Morgan fingerprint density at radius 3 is 2.46 bits per heavy atom. The minimum Gasteiger partial charge on any atom is -0.494 e. The number of amides is 1. The second-order valence-electron chi connectivity index (χ2n) is 8.71. The standard InChI is InChI=1S/C24H28N2O2/c1-7-28-18-11-19-16(4)13-24(5,6)26-22(19)20(12-18)21(23(26)27)25-17-9-14(2)8-15(3)10-17/h8-12,16H,7,13H2,1-6H3. The van der Waals surface area contributed by atoms with E-state index >= 15 is 0 Å². The molecule has 0 aliphatic carbocycles. The zero-order chi connectivity index (χ0) is 20.2. The molecule has 0 aromatic heterocycles. The van der Waals surface area contributed by atoms with Crippen molar-refractivity contribution in [3.8, 4) is 5.75 Å². The predicted octanol–water partition coefficient (Wildman–Crippen LogP) is 5.46. The monoisotopic (exact) mass is 376 g/mol. The molecule has 2 heterocycles. The minimum atomic E-state index is -0.245. The number of benzene rings is 2. The highest BCUT2D eigenvalue weighted by atomic mass is 16.5. The highest BCUT2D eigenvalue weighted by Crippen LogP contribution is 2.50. The van der Waals surface area contributed by atoms with E-state index in [1.807, 2.05) is 30.0 Å². The van der Waals surface area contributed by atoms with E-state index in [0.717, 1.165) is 40.2 Å². The van der Waals surface area contributed by atoms with Gasteiger partial charge in [0.25, 0.3) is 5.91 Å². The summed E-state index contributed by atoms with van der Waals surface area (Å²) in [6.45, 7) is 13.2. The number of hydrogen-bond acceptors (Lipinski definition) is 3. The lowest BCUT2D eigenvalue weighted by Gasteiger charge is -2.43. The van der Waals surface area contributed by atoms with Crippen LogP contribution in [-0.2, 0) is 4.79 Å². The first kappa shape index (κ1) is 18.7. The van der Waals surface area contributed by atoms with E-state index in [1.165, 1.54) is 5.56 Å². The molecule has 4 nitrogen and oxygen atoms in total. The zero-order valence-electron chi connectivity index (χ0n) is 17.6. The van der Waals surface area contributed by atoms with Crippen LogP contribution in [0.3, 0.4) is 0 Å². The van der Waals surface area contributed by atoms with Gasteiger partial charge in [-0.25, -0.2) is 4.99 Å². The predicted molar refractivity (Wildman–Crippen MR) is 114 cm³/mol. The summed E-state index contributed by atoms with van der Waals surface area (Å²) in [4.78, 5) is 20.3. The first-order valence-electron chi connectivity index (χ1n) is 10.0. The molecule has 0 spiro atoms. The molecule has 0 N–H and O–H groups in total. The van der Waals surface area contributed by atoms with Gasteiger partial charge in [0.1, 0.15) is 11.5 Å². The van der Waals surface area contributed by atoms with Gasteiger partial charge in [-0.3, -0.25) is 4.79 Å². The third kappa shape index (κ3) is 2.92. The van der Waals surface area contributed by atoms with Crippen LogP contribution >= 0.6 is 0 Å². The van der Waals surface area contributed by atoms with Crippen LogP contribution in [0.15, 0.2) is 35.3 Å². The Kier molecular flexibility index (Phi) is 4.33. The molecule has 0 saturated heterocycles. The molecule has 4 rings (SSSR count). The summed E-state index contributed by atoms with van der Waals surface area (Å²) in [5.74, 6) is 1.15. The number of carbonyl (C=O) groups is 1. The first-order chi connectivity index (χ1) is 13.2. The van der Waals surface area contributed by atoms with Gasteiger partial charge in [0.2, 0.25) is 0 Å². The third-order valence-corrected chi connectivity index (χ3v) is 5.70. The average molecular weight is 377 g/mol. The van der Waals surface area contributed by atoms with Crippen molar-refractivity contribution in [1.29, 1.82) is 0 Å². The number of hydrogen-bond donors (Lipinski definition) is 0. The second-order valence-corrected chi connectivity index (χ2v) is 8.71. The molecule has 1 unspecified atom stereocenters. The van der Waals surface area contributed by atoms with E-state index in [9.17, 15) is 4.79 Å². The van der Waals surface area contributed by atoms with Crippen molar-refractivity contribution < 1.29 is 9.53 Å². The van der Waals surface area contributed by atoms with Gasteiger partial charge in [-0.1, -0.05) is 13.0 Å². The Bertz CT molecular complexity index is 984. The van der Waals surface area contributed by atoms with E-state index in [-0.39, 0.29) is 11.4 Å². The van der Waals surface area contributed by atoms with Crippen LogP contribution in [0.2, 0.25) is 0 Å². The summed E-state index contributed by atoms with van der Waals surface area (Å²) in [5, 5.41) is 0. The maximum absolute atomic E-state index is 13.5. The van der Waals surface area contributed by atoms with E-state index in [2.05, 4.69) is 46.8 Å². The van der Waals surface area contributed by atoms with Crippen molar-refractivity contribution in [3.05, 3.63) is 52.6 Å². The molecule has 2 aromatic rings. The van der Waals surface area contributed by atoms with Crippen molar-refractivity contribution in [2.24, 2.45) is 4.99 Å². The maximum Gasteiger partial charge on any atom is 0.278 e. The maximum atomic E-state index is 13.5. The molecular weight excluding hydrogens is 348 g/mol. The van der Waals surface area contributed by atoms with Gasteiger partial charge in [0.05, 0.1) is 18.0 Å². The molecule has 2 aromatic carbocycles. The molecule has 0 fully saturated rings. The Hall–Kier alpha value is -2.62. The number of anilines is 1. The molecule has 0 bridgehead atoms. The second kappa shape index (κ2) is 6.47. The van der Waals surface area contributed by atoms with Crippen molar-refractivity contribution in [1.82, 2.24) is 0 Å². The van der Waals surface area contributed by atoms with Crippen molar-refractivity contribution >= 4 is 23.0 Å². The molecule has 1 amide bonds. The molecule has 2 aliphatic rings. The highest BCUT2D eigenvalue weighted by molar-refractivity contribution is 6.55. The van der Waals surface area contributed by atoms with Crippen LogP contribution in [0.25, 0.3) is 0 Å². The lowest BCUT2D eigenvalue weighted by atomic mass is 9.80. The Morgan fingerprint density at radius 2 is 1.82 bits per heavy atom. The fourth-order valence-electron chi connectivity index (χ4n) is 4.79. The van der Waals surface area contributed by atoms with Gasteiger partial charge in [0, 0.05) is 11.1 Å². The first-order valence-corrected chi connectivity index (χ1v) is 10.0. The highest BCUT2D eigenvalue weighted by Gasteiger charge is 2.48. The molecule has 0 saturated carbocycles. The van der Waals surface area contributed by atoms with E-state index in [1.54, 1.807) is 0 Å². The van der Waals surface area contributed by atoms with E-state index in [4.69, 9.17) is 9.73 Å². The van der Waals surface area contributed by atoms with Crippen LogP contribution in [0.4, 0.5) is 11.4 Å². The molecule has 4 heteroatoms. The zero-order valence-corrected chi connectivity index (χ0v) is 17.6. The summed E-state index contributed by atoms with van der Waals surface area (Å²) >= 11 is 0. The number of aryl methyl sites for hydroxylation is 2. The Balaban J connectivity index is 1.96. The SMILES string of the molecule is CCOc1cc2c3c(c1)C(C)CC(C)(C)N3C(=O)C2=Nc1cc(C)cc(C)c1. The van der Waals surface area contributed by atoms with Crippen molar-refractivity contribution in [2.45, 2.75) is 59.4 Å². The fourth-order valence-corrected chi connectivity index (χ4v) is 4.79. The van der Waals surface area contributed by atoms with E-state index in [0.29, 0.717) is 18.2 Å². The summed E-state index contributed by atoms with van der Waals surface area (Å²) in [5.41, 5.74) is 6.47. The van der Waals surface area contributed by atoms with Gasteiger partial charge in [-0.2, -0.15) is 0 Å². The summed E-state index contributed by atoms with van der Waals surface area (Å²) in [6.07, 6.45) is 0.914. The van der Waals surface area contributed by atoms with Gasteiger partial charge < -0.3 is 9.64 Å². The van der Waals surface area contributed by atoms with Crippen LogP contribution in [-0.4, -0.2) is 23.8 Å². The largest absolute Gasteiger partial charge is 0.494 e. The fraction of sp³-hybridized carbons (Fsp3) is 0.417. The molecule has 0 radical (unpaired) electrons. The third-order valence-electron chi connectivity index (χ3n) is 5.70. The molecule has 146 valence electrons. The lowest BCUT2D eigenvalue weighted by molar-refractivity contribution is -0.113. The van der Waals surface area contributed by atoms with Gasteiger partial charge in [-0.05, 0) is 87.9 Å². The molecule has 28 heavy (non-hydrogen) atoms. The average Bonchev–Trinajstić information content (AvgIpc) is 2.85. The molecule has 1 atom stereocenters. The number of ether oxygens (including phenoxy) is 1. The smallest absolute Gasteiger partial charge is 0.278 e. The topological polar surface area (TPSA) is 41.9 Å². The molecular formula is C24H28N2O2. The number of carbonyl (C=O) groups excluding carboxylic acids is 1. The quantitative estimate of drug-likeness (QED) is 0.714. The Labute approximate surface area is 167 Å². The van der Waals surface area contributed by atoms with Gasteiger partial charge in [-0.15, -0.1) is 0 Å². The summed E-state index contributed by atoms with van der Waals surface area (Å²) in [6, 6.07) is 10.2. The summed E-state index contributed by atoms with van der Waals surface area (Å²) in [7, 11) is 0. The van der Waals surface area contributed by atoms with Crippen LogP contribution < -0.4 is 9.64 Å². The van der Waals surface area contributed by atoms with Crippen LogP contribution in [0, 0.1) is 13.8 Å². The van der Waals surface area contributed by atoms with E-state index < -0.39 is 0 Å². The Morgan fingerprint density at radius 1 is 1.14 bits per heavy atom. The molecule has 2 aliphatic heterocycles. The normalized spacial score (nSPS) is 21.2. The number of aliphatic imine (C=N–C) groups is 1. The van der Waals surface area contributed by atoms with Crippen molar-refractivity contribution in [2.75, 3.05) is 11.5 Å².